The van der Waals surface area contributed by atoms with E-state index in [1.807, 2.05) is 0 Å². The normalized spacial score (nSPS) is 57.3. The fourth-order valence-electron chi connectivity index (χ4n) is 14.7. The average molecular weight is 868 g/mol. The standard InChI is InChI=1S/C45H73NO15/c1-19-6-9-27-20(2)31-28(46(27)16-19)15-26-24-8-7-22-14-23(10-12-44(22,4)25(24)11-13-45(26,31)5)57-43-40(61-41-37(54)35(52)32(49)21(3)56-41)39(34(51)30(18-48)59-43)60-42-38(55)36(53)33(50)29(17-47)58-42/h7,19-21,23-43,47-55H,6,8-18H2,1-5H3/t19-,20+,21-,23?,24+,25-,26-,27+,28-,29+,30+,31-,32-,33+,34-,35+,36-,37+,38+,39-,40+,41+,42-,43+,44-,45-/m0/s1. The van der Waals surface area contributed by atoms with Gasteiger partial charge in [-0.15, -0.1) is 0 Å². The molecule has 3 saturated carbocycles. The van der Waals surface area contributed by atoms with Crippen molar-refractivity contribution in [2.24, 2.45) is 46.3 Å². The van der Waals surface area contributed by atoms with Crippen LogP contribution in [0.5, 0.6) is 0 Å². The molecule has 5 aliphatic heterocycles. The van der Waals surface area contributed by atoms with Gasteiger partial charge in [0.1, 0.15) is 67.1 Å². The van der Waals surface area contributed by atoms with Crippen LogP contribution in [0, 0.1) is 46.3 Å². The minimum absolute atomic E-state index is 0.00462. The Kier molecular flexibility index (Phi) is 12.7. The summed E-state index contributed by atoms with van der Waals surface area (Å²) in [5.41, 5.74) is 1.72. The molecule has 9 N–H and O–H groups in total. The van der Waals surface area contributed by atoms with E-state index in [-0.39, 0.29) is 11.5 Å². The van der Waals surface area contributed by atoms with E-state index in [0.717, 1.165) is 36.6 Å². The van der Waals surface area contributed by atoms with E-state index >= 15 is 0 Å². The monoisotopic (exact) mass is 867 g/mol. The van der Waals surface area contributed by atoms with Gasteiger partial charge in [-0.2, -0.15) is 0 Å². The van der Waals surface area contributed by atoms with Crippen molar-refractivity contribution in [3.05, 3.63) is 11.6 Å². The van der Waals surface area contributed by atoms with E-state index in [4.69, 9.17) is 28.4 Å². The SMILES string of the molecule is C[C@H]1CC[C@@H]2[C@@H](C)[C@H]3[C@H](C[C@H]4[C@@H]5CC=C6CC(O[C@@H]7O[C@H](CO)[C@H](O)[C@H](O[C@@H]8O[C@H](CO)[C@@H](O)[C@H](O)[C@H]8O)[C@H]7O[C@H]7O[C@@H](C)[C@H](O)[C@@H](O)[C@H]7O)CC[C@]6(C)[C@H]5CC[C@]34C)N2C1. The van der Waals surface area contributed by atoms with Crippen molar-refractivity contribution in [1.29, 1.82) is 0 Å². The van der Waals surface area contributed by atoms with E-state index in [2.05, 4.69) is 38.7 Å². The number of nitrogens with zero attached hydrogens (tertiary/aromatic N) is 1. The van der Waals surface area contributed by atoms with Crippen LogP contribution in [0.3, 0.4) is 0 Å². The topological polar surface area (TPSA) is 241 Å². The van der Waals surface area contributed by atoms with Crippen LogP contribution in [0.2, 0.25) is 0 Å². The minimum atomic E-state index is -1.83. The molecule has 1 unspecified atom stereocenters. The molecule has 16 heteroatoms. The van der Waals surface area contributed by atoms with Crippen molar-refractivity contribution in [1.82, 2.24) is 4.90 Å². The smallest absolute Gasteiger partial charge is 0.187 e. The maximum absolute atomic E-state index is 11.6. The van der Waals surface area contributed by atoms with E-state index < -0.39 is 105 Å². The van der Waals surface area contributed by atoms with Crippen LogP contribution in [-0.4, -0.2) is 181 Å². The lowest BCUT2D eigenvalue weighted by atomic mass is 9.47. The molecule has 0 bridgehead atoms. The molecule has 5 heterocycles. The summed E-state index contributed by atoms with van der Waals surface area (Å²) in [4.78, 5) is 2.94. The number of allylic oxidation sites excluding steroid dienone is 1. The second-order valence-electron chi connectivity index (χ2n) is 21.2. The second-order valence-corrected chi connectivity index (χ2v) is 21.2. The first kappa shape index (κ1) is 45.3. The van der Waals surface area contributed by atoms with Crippen molar-refractivity contribution in [3.8, 4) is 0 Å². The third kappa shape index (κ3) is 7.42. The lowest BCUT2D eigenvalue weighted by Crippen LogP contribution is -2.67. The summed E-state index contributed by atoms with van der Waals surface area (Å²) in [6.07, 6.45) is -11.1. The molecule has 16 nitrogen and oxygen atoms in total. The molecular formula is C45H73NO15. The van der Waals surface area contributed by atoms with Gasteiger partial charge >= 0.3 is 0 Å². The lowest BCUT2D eigenvalue weighted by Gasteiger charge is -2.58. The molecule has 5 saturated heterocycles. The maximum atomic E-state index is 11.6. The number of piperidine rings is 1. The van der Waals surface area contributed by atoms with E-state index in [0.29, 0.717) is 42.1 Å². The first-order chi connectivity index (χ1) is 29.0. The molecule has 4 aliphatic carbocycles. The summed E-state index contributed by atoms with van der Waals surface area (Å²) in [5.74, 6) is 4.15. The van der Waals surface area contributed by atoms with Gasteiger partial charge in [-0.1, -0.05) is 39.3 Å². The number of aliphatic hydroxyl groups excluding tert-OH is 9. The Labute approximate surface area is 359 Å². The van der Waals surface area contributed by atoms with Crippen LogP contribution < -0.4 is 0 Å². The fraction of sp³-hybridized carbons (Fsp3) is 0.956. The number of ether oxygens (including phenoxy) is 6. The highest BCUT2D eigenvalue weighted by atomic mass is 16.8. The van der Waals surface area contributed by atoms with Crippen LogP contribution in [0.25, 0.3) is 0 Å². The fourth-order valence-corrected chi connectivity index (χ4v) is 14.7. The van der Waals surface area contributed by atoms with Crippen LogP contribution >= 0.6 is 0 Å². The number of fused-ring (bicyclic) bond motifs is 9. The van der Waals surface area contributed by atoms with Gasteiger partial charge in [0.15, 0.2) is 18.9 Å². The average Bonchev–Trinajstić information content (AvgIpc) is 3.71. The number of hydrogen-bond acceptors (Lipinski definition) is 16. The first-order valence-corrected chi connectivity index (χ1v) is 23.4. The Morgan fingerprint density at radius 3 is 2.05 bits per heavy atom. The molecule has 61 heavy (non-hydrogen) atoms. The van der Waals surface area contributed by atoms with Crippen molar-refractivity contribution in [2.75, 3.05) is 19.8 Å². The van der Waals surface area contributed by atoms with Crippen LogP contribution in [-0.2, 0) is 28.4 Å². The molecule has 26 atom stereocenters. The summed E-state index contributed by atoms with van der Waals surface area (Å²) in [7, 11) is 0. The molecule has 0 spiro atoms. The molecule has 0 aromatic carbocycles. The van der Waals surface area contributed by atoms with Crippen molar-refractivity contribution in [2.45, 2.75) is 203 Å². The maximum Gasteiger partial charge on any atom is 0.187 e. The molecule has 9 aliphatic rings. The Morgan fingerprint density at radius 2 is 1.33 bits per heavy atom. The van der Waals surface area contributed by atoms with Gasteiger partial charge in [0.2, 0.25) is 0 Å². The molecular weight excluding hydrogens is 794 g/mol. The summed E-state index contributed by atoms with van der Waals surface area (Å²) in [5, 5.41) is 95.8. The Morgan fingerprint density at radius 1 is 0.672 bits per heavy atom. The van der Waals surface area contributed by atoms with Gasteiger partial charge in [-0.25, -0.2) is 0 Å². The predicted octanol–water partition coefficient (Wildman–Crippen LogP) is 0.155. The Balaban J connectivity index is 0.952. The zero-order chi connectivity index (χ0) is 43.4. The van der Waals surface area contributed by atoms with Gasteiger partial charge in [0, 0.05) is 18.6 Å². The number of aliphatic hydroxyl groups is 9. The van der Waals surface area contributed by atoms with Crippen LogP contribution in [0.4, 0.5) is 0 Å². The summed E-state index contributed by atoms with van der Waals surface area (Å²) in [6, 6.07) is 1.43. The van der Waals surface area contributed by atoms with Crippen molar-refractivity contribution >= 4 is 0 Å². The highest BCUT2D eigenvalue weighted by Gasteiger charge is 2.66. The molecule has 9 rings (SSSR count). The molecule has 0 amide bonds. The van der Waals surface area contributed by atoms with Gasteiger partial charge in [-0.05, 0) is 111 Å². The zero-order valence-electron chi connectivity index (χ0n) is 36.3. The molecule has 348 valence electrons. The largest absolute Gasteiger partial charge is 0.394 e. The van der Waals surface area contributed by atoms with Gasteiger partial charge in [-0.3, -0.25) is 4.90 Å². The van der Waals surface area contributed by atoms with Crippen LogP contribution in [0.1, 0.15) is 92.4 Å². The van der Waals surface area contributed by atoms with E-state index in [1.165, 1.54) is 51.1 Å². The van der Waals surface area contributed by atoms with Gasteiger partial charge < -0.3 is 74.4 Å². The molecule has 0 aromatic heterocycles. The number of rotatable bonds is 8. The van der Waals surface area contributed by atoms with E-state index in [1.54, 1.807) is 0 Å². The number of hydrogen-bond donors (Lipinski definition) is 9. The predicted molar refractivity (Wildman–Crippen MR) is 215 cm³/mol. The van der Waals surface area contributed by atoms with Gasteiger partial charge in [0.25, 0.3) is 0 Å². The van der Waals surface area contributed by atoms with Crippen molar-refractivity contribution < 1.29 is 74.4 Å². The van der Waals surface area contributed by atoms with E-state index in [9.17, 15) is 46.0 Å². The van der Waals surface area contributed by atoms with Crippen LogP contribution in [0.15, 0.2) is 11.6 Å². The third-order valence-corrected chi connectivity index (χ3v) is 18.0. The van der Waals surface area contributed by atoms with Crippen molar-refractivity contribution in [3.63, 3.8) is 0 Å². The zero-order valence-corrected chi connectivity index (χ0v) is 36.3. The molecule has 0 aromatic rings. The first-order valence-electron chi connectivity index (χ1n) is 23.4. The highest BCUT2D eigenvalue weighted by molar-refractivity contribution is 5.27. The second kappa shape index (κ2) is 17.1. The molecule has 8 fully saturated rings. The highest BCUT2D eigenvalue weighted by Crippen LogP contribution is 2.70. The summed E-state index contributed by atoms with van der Waals surface area (Å²) >= 11 is 0. The lowest BCUT2D eigenvalue weighted by molar-refractivity contribution is -0.394. The van der Waals surface area contributed by atoms with Gasteiger partial charge in [0.05, 0.1) is 25.4 Å². The minimum Gasteiger partial charge on any atom is -0.394 e. The summed E-state index contributed by atoms with van der Waals surface area (Å²) in [6.45, 7) is 11.4. The third-order valence-electron chi connectivity index (χ3n) is 18.0. The molecule has 0 radical (unpaired) electrons. The Hall–Kier alpha value is -0.900. The quantitative estimate of drug-likeness (QED) is 0.148. The Bertz CT molecular complexity index is 1590. The summed E-state index contributed by atoms with van der Waals surface area (Å²) < 4.78 is 36.8.